The summed E-state index contributed by atoms with van der Waals surface area (Å²) in [6.07, 6.45) is -4.71. The normalized spacial score (nSPS) is 17.8. The molecule has 0 radical (unpaired) electrons. The van der Waals surface area contributed by atoms with Crippen molar-refractivity contribution in [3.05, 3.63) is 18.2 Å². The van der Waals surface area contributed by atoms with E-state index in [2.05, 4.69) is 10.3 Å². The molecule has 0 aliphatic carbocycles. The van der Waals surface area contributed by atoms with Gasteiger partial charge in [0.25, 0.3) is 0 Å². The predicted octanol–water partition coefficient (Wildman–Crippen LogP) is 3.04. The van der Waals surface area contributed by atoms with Crippen LogP contribution in [0, 0.1) is 5.92 Å². The number of nitrogens with one attached hydrogen (secondary N) is 1. The molecular weight excluding hydrogens is 371 g/mol. The van der Waals surface area contributed by atoms with Gasteiger partial charge >= 0.3 is 6.18 Å². The van der Waals surface area contributed by atoms with E-state index in [1.807, 2.05) is 6.92 Å². The van der Waals surface area contributed by atoms with Crippen molar-refractivity contribution in [2.45, 2.75) is 19.5 Å². The highest BCUT2D eigenvalue weighted by atomic mass is 32.1. The molecule has 10 heteroatoms. The fourth-order valence-electron chi connectivity index (χ4n) is 2.74. The Balaban J connectivity index is 1.66. The third-order valence-corrected chi connectivity index (χ3v) is 4.79. The molecule has 2 amide bonds. The number of carbonyl (C=O) groups is 2. The van der Waals surface area contributed by atoms with Crippen LogP contribution in [0.4, 0.5) is 18.3 Å². The van der Waals surface area contributed by atoms with Crippen molar-refractivity contribution < 1.29 is 27.5 Å². The molecule has 1 aromatic heterocycles. The van der Waals surface area contributed by atoms with Gasteiger partial charge in [-0.25, -0.2) is 4.98 Å². The van der Waals surface area contributed by atoms with Gasteiger partial charge in [0, 0.05) is 13.0 Å². The predicted molar refractivity (Wildman–Crippen MR) is 90.2 cm³/mol. The van der Waals surface area contributed by atoms with Crippen LogP contribution in [0.3, 0.4) is 0 Å². The Kier molecular flexibility index (Phi) is 5.03. The van der Waals surface area contributed by atoms with E-state index in [1.54, 1.807) is 18.2 Å². The number of hydrogen-bond acceptors (Lipinski definition) is 5. The van der Waals surface area contributed by atoms with Crippen LogP contribution < -0.4 is 10.1 Å². The molecule has 2 heterocycles. The Morgan fingerprint density at radius 1 is 1.46 bits per heavy atom. The molecule has 1 aliphatic heterocycles. The Morgan fingerprint density at radius 2 is 2.23 bits per heavy atom. The smallest absolute Gasteiger partial charge is 0.406 e. The van der Waals surface area contributed by atoms with Gasteiger partial charge in [-0.2, -0.15) is 13.2 Å². The lowest BCUT2D eigenvalue weighted by Crippen LogP contribution is -2.36. The molecule has 140 valence electrons. The number of nitrogens with zero attached hydrogens (tertiary/aromatic N) is 2. The molecule has 2 aromatic rings. The first-order valence-corrected chi connectivity index (χ1v) is 8.75. The number of hydrogen-bond donors (Lipinski definition) is 1. The molecule has 1 saturated heterocycles. The number of halogens is 3. The standard InChI is InChI=1S/C16H16F3N3O3S/c1-2-25-10-3-4-11-12(6-10)26-15(20-11)21-14(24)9-5-13(23)22(7-9)8-16(17,18)19/h3-4,6,9H,2,5,7-8H2,1H3,(H,20,21,24). The van der Waals surface area contributed by atoms with Gasteiger partial charge in [-0.05, 0) is 25.1 Å². The summed E-state index contributed by atoms with van der Waals surface area (Å²) >= 11 is 1.23. The summed E-state index contributed by atoms with van der Waals surface area (Å²) < 4.78 is 43.6. The molecule has 1 unspecified atom stereocenters. The number of benzene rings is 1. The minimum absolute atomic E-state index is 0.235. The minimum Gasteiger partial charge on any atom is -0.494 e. The van der Waals surface area contributed by atoms with Gasteiger partial charge < -0.3 is 15.0 Å². The lowest BCUT2D eigenvalue weighted by atomic mass is 10.1. The first-order valence-electron chi connectivity index (χ1n) is 7.94. The topological polar surface area (TPSA) is 71.5 Å². The van der Waals surface area contributed by atoms with E-state index in [1.165, 1.54) is 11.3 Å². The molecule has 6 nitrogen and oxygen atoms in total. The fraction of sp³-hybridized carbons (Fsp3) is 0.438. The van der Waals surface area contributed by atoms with Crippen LogP contribution in [0.25, 0.3) is 10.2 Å². The molecule has 0 saturated carbocycles. The van der Waals surface area contributed by atoms with Crippen molar-refractivity contribution in [1.82, 2.24) is 9.88 Å². The second-order valence-electron chi connectivity index (χ2n) is 5.86. The Hall–Kier alpha value is -2.36. The van der Waals surface area contributed by atoms with Gasteiger partial charge in [0.05, 0.1) is 22.7 Å². The molecule has 1 aromatic carbocycles. The van der Waals surface area contributed by atoms with E-state index >= 15 is 0 Å². The lowest BCUT2D eigenvalue weighted by molar-refractivity contribution is -0.157. The largest absolute Gasteiger partial charge is 0.494 e. The molecule has 3 rings (SSSR count). The number of fused-ring (bicyclic) bond motifs is 1. The van der Waals surface area contributed by atoms with Crippen LogP contribution in [0.5, 0.6) is 5.75 Å². The van der Waals surface area contributed by atoms with Crippen molar-refractivity contribution in [3.8, 4) is 5.75 Å². The number of alkyl halides is 3. The summed E-state index contributed by atoms with van der Waals surface area (Å²) in [5, 5.41) is 2.93. The summed E-state index contributed by atoms with van der Waals surface area (Å²) in [4.78, 5) is 28.9. The molecular formula is C16H16F3N3O3S. The van der Waals surface area contributed by atoms with Gasteiger partial charge in [-0.1, -0.05) is 11.3 Å². The highest BCUT2D eigenvalue weighted by Gasteiger charge is 2.40. The maximum absolute atomic E-state index is 12.4. The summed E-state index contributed by atoms with van der Waals surface area (Å²) in [5.74, 6) is -1.32. The second kappa shape index (κ2) is 7.10. The summed E-state index contributed by atoms with van der Waals surface area (Å²) in [7, 11) is 0. The zero-order valence-electron chi connectivity index (χ0n) is 13.8. The van der Waals surface area contributed by atoms with E-state index in [4.69, 9.17) is 4.74 Å². The highest BCUT2D eigenvalue weighted by Crippen LogP contribution is 2.30. The van der Waals surface area contributed by atoms with E-state index in [0.29, 0.717) is 27.9 Å². The van der Waals surface area contributed by atoms with E-state index in [0.717, 1.165) is 4.70 Å². The van der Waals surface area contributed by atoms with Gasteiger partial charge in [-0.3, -0.25) is 9.59 Å². The van der Waals surface area contributed by atoms with Crippen LogP contribution in [-0.4, -0.2) is 47.6 Å². The maximum Gasteiger partial charge on any atom is 0.406 e. The second-order valence-corrected chi connectivity index (χ2v) is 6.89. The number of amides is 2. The van der Waals surface area contributed by atoms with E-state index in [-0.39, 0.29) is 13.0 Å². The number of likely N-dealkylation sites (tertiary alicyclic amines) is 1. The lowest BCUT2D eigenvalue weighted by Gasteiger charge is -2.18. The Morgan fingerprint density at radius 3 is 2.92 bits per heavy atom. The van der Waals surface area contributed by atoms with Crippen molar-refractivity contribution in [2.75, 3.05) is 25.0 Å². The minimum atomic E-state index is -4.48. The highest BCUT2D eigenvalue weighted by molar-refractivity contribution is 7.22. The summed E-state index contributed by atoms with van der Waals surface area (Å²) in [6.45, 7) is 0.812. The first-order chi connectivity index (χ1) is 12.2. The number of anilines is 1. The van der Waals surface area contributed by atoms with Crippen LogP contribution in [0.1, 0.15) is 13.3 Å². The number of thiazole rings is 1. The van der Waals surface area contributed by atoms with E-state index < -0.39 is 30.5 Å². The van der Waals surface area contributed by atoms with Crippen LogP contribution in [0.15, 0.2) is 18.2 Å². The van der Waals surface area contributed by atoms with Gasteiger partial charge in [-0.15, -0.1) is 0 Å². The third-order valence-electron chi connectivity index (χ3n) is 3.86. The van der Waals surface area contributed by atoms with Crippen LogP contribution >= 0.6 is 11.3 Å². The van der Waals surface area contributed by atoms with Gasteiger partial charge in [0.1, 0.15) is 12.3 Å². The van der Waals surface area contributed by atoms with Crippen LogP contribution in [0.2, 0.25) is 0 Å². The van der Waals surface area contributed by atoms with Crippen molar-refractivity contribution in [2.24, 2.45) is 5.92 Å². The number of ether oxygens (including phenoxy) is 1. The Labute approximate surface area is 150 Å². The average molecular weight is 387 g/mol. The molecule has 1 aliphatic rings. The SMILES string of the molecule is CCOc1ccc2nc(NC(=O)C3CC(=O)N(CC(F)(F)F)C3)sc2c1. The summed E-state index contributed by atoms with van der Waals surface area (Å²) in [6, 6.07) is 5.33. The number of carbonyl (C=O) groups excluding carboxylic acids is 2. The average Bonchev–Trinajstić information content (AvgIpc) is 3.09. The zero-order valence-corrected chi connectivity index (χ0v) is 14.6. The Bertz CT molecular complexity index is 837. The number of aromatic nitrogens is 1. The van der Waals surface area contributed by atoms with Crippen molar-refractivity contribution in [1.29, 1.82) is 0 Å². The molecule has 0 bridgehead atoms. The molecule has 1 atom stereocenters. The maximum atomic E-state index is 12.4. The summed E-state index contributed by atoms with van der Waals surface area (Å²) in [5.41, 5.74) is 0.676. The molecule has 0 spiro atoms. The molecule has 1 N–H and O–H groups in total. The molecule has 1 fully saturated rings. The van der Waals surface area contributed by atoms with Gasteiger partial charge in [0.2, 0.25) is 11.8 Å². The van der Waals surface area contributed by atoms with Crippen LogP contribution in [-0.2, 0) is 9.59 Å². The molecule has 26 heavy (non-hydrogen) atoms. The van der Waals surface area contributed by atoms with Crippen molar-refractivity contribution >= 4 is 38.5 Å². The fourth-order valence-corrected chi connectivity index (χ4v) is 3.64. The quantitative estimate of drug-likeness (QED) is 0.856. The van der Waals surface area contributed by atoms with Gasteiger partial charge in [0.15, 0.2) is 5.13 Å². The van der Waals surface area contributed by atoms with E-state index in [9.17, 15) is 22.8 Å². The third kappa shape index (κ3) is 4.24. The monoisotopic (exact) mass is 387 g/mol. The van der Waals surface area contributed by atoms with Crippen molar-refractivity contribution in [3.63, 3.8) is 0 Å². The zero-order chi connectivity index (χ0) is 18.9. The number of rotatable bonds is 5. The first kappa shape index (κ1) is 18.4.